The average molecular weight is 1080 g/mol. The molecular weight excluding hydrogens is 1020 g/mol. The van der Waals surface area contributed by atoms with Crippen molar-refractivity contribution < 1.29 is 44.7 Å². The molecule has 0 heterocycles. The van der Waals surface area contributed by atoms with Gasteiger partial charge in [0, 0.05) is 48.0 Å². The summed E-state index contributed by atoms with van der Waals surface area (Å²) in [5, 5.41) is 8.86. The Hall–Kier alpha value is -8.05. The van der Waals surface area contributed by atoms with Crippen LogP contribution in [0, 0.1) is 75.6 Å². The van der Waals surface area contributed by atoms with Crippen LogP contribution in [0.1, 0.15) is 109 Å². The lowest BCUT2D eigenvalue weighted by molar-refractivity contribution is -0.120. The summed E-state index contributed by atoms with van der Waals surface area (Å²) in [5.41, 5.74) is 16.2. The third kappa shape index (κ3) is 19.4. The van der Waals surface area contributed by atoms with Crippen molar-refractivity contribution in [3.8, 4) is 6.07 Å². The van der Waals surface area contributed by atoms with Crippen LogP contribution in [-0.4, -0.2) is 25.2 Å². The molecule has 8 aromatic carbocycles. The fourth-order valence-corrected chi connectivity index (χ4v) is 9.15. The third-order valence-electron chi connectivity index (χ3n) is 13.3. The summed E-state index contributed by atoms with van der Waals surface area (Å²) in [7, 11) is 1.50. The van der Waals surface area contributed by atoms with Crippen LogP contribution in [0.5, 0.6) is 0 Å². The molecule has 0 aliphatic rings. The van der Waals surface area contributed by atoms with Gasteiger partial charge in [0.05, 0.1) is 6.07 Å². The van der Waals surface area contributed by atoms with Gasteiger partial charge in [-0.25, -0.2) is 35.1 Å². The summed E-state index contributed by atoms with van der Waals surface area (Å²) in [6.07, 6.45) is 0.993. The summed E-state index contributed by atoms with van der Waals surface area (Å²) in [5.74, 6) is -4.51. The van der Waals surface area contributed by atoms with Crippen LogP contribution in [0.25, 0.3) is 0 Å². The molecule has 4 atom stereocenters. The Bertz CT molecular complexity index is 3050. The van der Waals surface area contributed by atoms with Gasteiger partial charge in [0.15, 0.2) is 0 Å². The van der Waals surface area contributed by atoms with Crippen molar-refractivity contribution in [2.24, 2.45) is 29.2 Å². The fourth-order valence-electron chi connectivity index (χ4n) is 9.15. The first-order valence-electron chi connectivity index (χ1n) is 25.5. The maximum Gasteiger partial charge on any atom is 0.133 e. The minimum absolute atomic E-state index is 0.0106. The molecule has 0 aliphatic heterocycles. The van der Waals surface area contributed by atoms with Gasteiger partial charge in [-0.1, -0.05) is 118 Å². The molecule has 8 rings (SSSR count). The van der Waals surface area contributed by atoms with Gasteiger partial charge in [-0.2, -0.15) is 5.26 Å². The van der Waals surface area contributed by atoms with Crippen molar-refractivity contribution in [3.63, 3.8) is 0 Å². The topological polar surface area (TPSA) is 110 Å². The van der Waals surface area contributed by atoms with E-state index in [4.69, 9.17) is 11.0 Å². The van der Waals surface area contributed by atoms with Gasteiger partial charge < -0.3 is 16.3 Å². The van der Waals surface area contributed by atoms with E-state index < -0.39 is 0 Å². The fraction of sp³-hybridized carbons (Fsp3) is 0.227. The zero-order valence-electron chi connectivity index (χ0n) is 44.8. The number of nitriles is 1. The van der Waals surface area contributed by atoms with Gasteiger partial charge in [0.25, 0.3) is 0 Å². The number of nitrogens with zero attached hydrogens (tertiary/aromatic N) is 1. The Morgan fingerprint density at radius 2 is 0.684 bits per heavy atom. The highest BCUT2D eigenvalue weighted by Gasteiger charge is 2.27. The van der Waals surface area contributed by atoms with E-state index in [9.17, 15) is 44.7 Å². The number of hydrogen-bond acceptors (Lipinski definition) is 5. The number of ketones is 1. The molecule has 0 spiro atoms. The average Bonchev–Trinajstić information content (AvgIpc) is 3.44. The van der Waals surface area contributed by atoms with Gasteiger partial charge in [-0.15, -0.1) is 0 Å². The van der Waals surface area contributed by atoms with Gasteiger partial charge in [0.2, 0.25) is 0 Å². The summed E-state index contributed by atoms with van der Waals surface area (Å²) < 4.78 is 107. The monoisotopic (exact) mass is 1080 g/mol. The lowest BCUT2D eigenvalue weighted by Crippen LogP contribution is -2.30. The minimum atomic E-state index is -0.364. The molecular formula is C66H65F8N3O2. The molecule has 412 valence electrons. The normalized spacial score (nSPS) is 12.2. The molecule has 0 fully saturated rings. The highest BCUT2D eigenvalue weighted by Crippen LogP contribution is 2.36. The number of Topliss-reactive ketones (excluding diaryl/α,β-unsaturated/α-hetero) is 1. The van der Waals surface area contributed by atoms with Crippen LogP contribution in [0.15, 0.2) is 194 Å². The first-order chi connectivity index (χ1) is 37.8. The Balaban J connectivity index is 0.000000225. The van der Waals surface area contributed by atoms with Crippen LogP contribution < -0.4 is 11.5 Å². The van der Waals surface area contributed by atoms with Crippen LogP contribution >= 0.6 is 0 Å². The summed E-state index contributed by atoms with van der Waals surface area (Å²) in [6, 6.07) is 51.3. The van der Waals surface area contributed by atoms with Crippen molar-refractivity contribution >= 4 is 12.1 Å². The molecule has 0 aliphatic carbocycles. The van der Waals surface area contributed by atoms with Crippen LogP contribution in [0.3, 0.4) is 0 Å². The maximum atomic E-state index is 13.5. The number of halogens is 8. The Morgan fingerprint density at radius 1 is 0.443 bits per heavy atom. The molecule has 8 aromatic rings. The van der Waals surface area contributed by atoms with Gasteiger partial charge in [-0.05, 0) is 168 Å². The van der Waals surface area contributed by atoms with Crippen molar-refractivity contribution in [3.05, 3.63) is 285 Å². The number of nitrogens with two attached hydrogens (primary N) is 2. The highest BCUT2D eigenvalue weighted by atomic mass is 19.2. The molecule has 0 radical (unpaired) electrons. The number of carbonyl (C=O) groups excluding carboxylic acids is 2. The molecule has 0 aromatic heterocycles. The van der Waals surface area contributed by atoms with E-state index in [2.05, 4.69) is 11.8 Å². The Kier molecular flexibility index (Phi) is 25.7. The number of benzene rings is 8. The van der Waals surface area contributed by atoms with E-state index in [1.165, 1.54) is 111 Å². The summed E-state index contributed by atoms with van der Waals surface area (Å²) in [4.78, 5) is 22.8. The molecule has 0 saturated heterocycles. The van der Waals surface area contributed by atoms with Gasteiger partial charge >= 0.3 is 0 Å². The summed E-state index contributed by atoms with van der Waals surface area (Å²) >= 11 is 0. The molecule has 4 N–H and O–H groups in total. The molecule has 79 heavy (non-hydrogen) atoms. The van der Waals surface area contributed by atoms with Crippen molar-refractivity contribution in [1.82, 2.24) is 0 Å². The quantitative estimate of drug-likeness (QED) is 0.0785. The van der Waals surface area contributed by atoms with Gasteiger partial charge in [-0.3, -0.25) is 4.79 Å². The standard InChI is InChI=1S/C17H19F2N.C17H16F2O.C16H14F2O.C15H11F2N.CH5N/c2*1-11(12(2)20)17(13-5-3-7-15(18)9-13)14-6-4-8-16(19)10-14;1-11(10-19)16(12-4-2-6-14(17)8-12)13-5-3-7-15(18)9-13;16-13-5-1-3-11(9-13)15(7-8-18)12-4-2-6-14(17)10-12;1-2/h3-12,17H,20H2,1-2H3;3-11,17H,1-2H3;2-11,16H,1H3;1-6,9-10,15H,7H2;2H2,1H3. The lowest BCUT2D eigenvalue weighted by atomic mass is 9.78. The van der Waals surface area contributed by atoms with E-state index in [0.717, 1.165) is 17.4 Å². The van der Waals surface area contributed by atoms with E-state index in [0.29, 0.717) is 33.4 Å². The zero-order chi connectivity index (χ0) is 58.2. The van der Waals surface area contributed by atoms with Crippen molar-refractivity contribution in [2.75, 3.05) is 7.05 Å². The predicted octanol–water partition coefficient (Wildman–Crippen LogP) is 15.9. The lowest BCUT2D eigenvalue weighted by Gasteiger charge is -2.28. The van der Waals surface area contributed by atoms with Crippen molar-refractivity contribution in [2.45, 2.75) is 70.8 Å². The first-order valence-corrected chi connectivity index (χ1v) is 25.5. The van der Waals surface area contributed by atoms with Gasteiger partial charge in [0.1, 0.15) is 58.6 Å². The van der Waals surface area contributed by atoms with Crippen LogP contribution in [0.2, 0.25) is 0 Å². The highest BCUT2D eigenvalue weighted by molar-refractivity contribution is 5.79. The minimum Gasteiger partial charge on any atom is -0.333 e. The molecule has 0 bridgehead atoms. The number of carbonyl (C=O) groups is 2. The van der Waals surface area contributed by atoms with E-state index in [1.54, 1.807) is 98.8 Å². The summed E-state index contributed by atoms with van der Waals surface area (Å²) in [6.45, 7) is 8.94. The first kappa shape index (κ1) is 63.5. The molecule has 0 saturated carbocycles. The molecule has 0 amide bonds. The predicted molar refractivity (Wildman–Crippen MR) is 297 cm³/mol. The maximum absolute atomic E-state index is 13.5. The van der Waals surface area contributed by atoms with Crippen LogP contribution in [-0.2, 0) is 9.59 Å². The second-order valence-corrected chi connectivity index (χ2v) is 18.9. The second-order valence-electron chi connectivity index (χ2n) is 18.9. The number of rotatable bonds is 15. The molecule has 13 heteroatoms. The molecule has 5 nitrogen and oxygen atoms in total. The zero-order valence-corrected chi connectivity index (χ0v) is 44.8. The Labute approximate surface area is 458 Å². The smallest absolute Gasteiger partial charge is 0.133 e. The second kappa shape index (κ2) is 32.0. The third-order valence-corrected chi connectivity index (χ3v) is 13.3. The number of hydrogen-bond donors (Lipinski definition) is 2. The van der Waals surface area contributed by atoms with E-state index >= 15 is 0 Å². The van der Waals surface area contributed by atoms with Crippen molar-refractivity contribution in [1.29, 1.82) is 5.26 Å². The van der Waals surface area contributed by atoms with E-state index in [1.807, 2.05) is 26.0 Å². The molecule has 4 unspecified atom stereocenters. The van der Waals surface area contributed by atoms with Crippen LogP contribution in [0.4, 0.5) is 35.1 Å². The Morgan fingerprint density at radius 3 is 0.911 bits per heavy atom. The largest absolute Gasteiger partial charge is 0.333 e. The van der Waals surface area contributed by atoms with E-state index in [-0.39, 0.29) is 106 Å². The number of aldehydes is 1. The SMILES string of the molecule is CC(=O)C(C)C(c1cccc(F)c1)c1cccc(F)c1.CC(C=O)C(c1cccc(F)c1)c1cccc(F)c1.CC(N)C(C)C(c1cccc(F)c1)c1cccc(F)c1.CN.N#CCC(c1cccc(F)c1)c1cccc(F)c1.